The Balaban J connectivity index is 1.44. The summed E-state index contributed by atoms with van der Waals surface area (Å²) in [6.07, 6.45) is 2.44. The molecule has 188 valence electrons. The lowest BCUT2D eigenvalue weighted by Gasteiger charge is -2.19. The molecule has 0 radical (unpaired) electrons. The molecule has 0 aliphatic heterocycles. The first-order valence-corrected chi connectivity index (χ1v) is 12.5. The minimum atomic E-state index is -0.794. The summed E-state index contributed by atoms with van der Waals surface area (Å²) in [5.41, 5.74) is 4.66. The number of ether oxygens (including phenoxy) is 1. The predicted molar refractivity (Wildman–Crippen MR) is 135 cm³/mol. The fourth-order valence-electron chi connectivity index (χ4n) is 4.70. The van der Waals surface area contributed by atoms with E-state index in [0.29, 0.717) is 19.4 Å². The lowest BCUT2D eigenvalue weighted by Crippen LogP contribution is -2.39. The highest BCUT2D eigenvalue weighted by Crippen LogP contribution is 2.44. The van der Waals surface area contributed by atoms with Gasteiger partial charge in [-0.05, 0) is 47.4 Å². The summed E-state index contributed by atoms with van der Waals surface area (Å²) in [6, 6.07) is 16.3. The number of amides is 2. The Morgan fingerprint density at radius 1 is 0.914 bits per heavy atom. The van der Waals surface area contributed by atoms with Crippen molar-refractivity contribution >= 4 is 18.0 Å². The summed E-state index contributed by atoms with van der Waals surface area (Å²) in [5.74, 6) is -0.997. The Bertz CT molecular complexity index is 976. The summed E-state index contributed by atoms with van der Waals surface area (Å²) in [5, 5.41) is 14.5. The van der Waals surface area contributed by atoms with Crippen LogP contribution >= 0.6 is 0 Å². The van der Waals surface area contributed by atoms with E-state index in [2.05, 4.69) is 34.9 Å². The van der Waals surface area contributed by atoms with Gasteiger partial charge in [-0.15, -0.1) is 0 Å². The number of nitrogens with one attached hydrogen (secondary N) is 2. The number of hydrogen-bond donors (Lipinski definition) is 3. The van der Waals surface area contributed by atoms with Crippen molar-refractivity contribution in [3.05, 3.63) is 59.7 Å². The molecule has 2 unspecified atom stereocenters. The van der Waals surface area contributed by atoms with Gasteiger partial charge in [0.1, 0.15) is 6.61 Å². The molecule has 2 aromatic rings. The van der Waals surface area contributed by atoms with Crippen molar-refractivity contribution < 1.29 is 24.2 Å². The normalized spacial score (nSPS) is 13.9. The van der Waals surface area contributed by atoms with E-state index >= 15 is 0 Å². The SMILES string of the molecule is CCC(CCNC(=O)C(CC)CNC(=O)OCC1c2ccccc2-c2ccccc21)CCC(=O)O. The second-order valence-electron chi connectivity index (χ2n) is 9.10. The molecule has 1 aliphatic rings. The molecular formula is C28H36N2O5. The van der Waals surface area contributed by atoms with Crippen LogP contribution in [0.5, 0.6) is 0 Å². The molecule has 0 aromatic heterocycles. The average molecular weight is 481 g/mol. The van der Waals surface area contributed by atoms with E-state index in [-0.39, 0.29) is 43.2 Å². The van der Waals surface area contributed by atoms with Crippen molar-refractivity contribution in [3.8, 4) is 11.1 Å². The second-order valence-corrected chi connectivity index (χ2v) is 9.10. The summed E-state index contributed by atoms with van der Waals surface area (Å²) >= 11 is 0. The molecule has 0 saturated heterocycles. The lowest BCUT2D eigenvalue weighted by molar-refractivity contribution is -0.137. The Morgan fingerprint density at radius 3 is 2.11 bits per heavy atom. The van der Waals surface area contributed by atoms with Crippen molar-refractivity contribution in [1.82, 2.24) is 10.6 Å². The van der Waals surface area contributed by atoms with Crippen molar-refractivity contribution in [2.75, 3.05) is 19.7 Å². The second kappa shape index (κ2) is 12.9. The molecule has 0 saturated carbocycles. The highest BCUT2D eigenvalue weighted by Gasteiger charge is 2.29. The Hall–Kier alpha value is -3.35. The van der Waals surface area contributed by atoms with E-state index in [9.17, 15) is 14.4 Å². The fraction of sp³-hybridized carbons (Fsp3) is 0.464. The molecule has 0 bridgehead atoms. The Kier molecular flexibility index (Phi) is 9.70. The van der Waals surface area contributed by atoms with Gasteiger partial charge in [0.15, 0.2) is 0 Å². The van der Waals surface area contributed by atoms with E-state index in [1.54, 1.807) is 0 Å². The summed E-state index contributed by atoms with van der Waals surface area (Å²) < 4.78 is 5.56. The maximum absolute atomic E-state index is 12.6. The number of carbonyl (C=O) groups is 3. The summed E-state index contributed by atoms with van der Waals surface area (Å²) in [7, 11) is 0. The molecule has 2 atom stereocenters. The largest absolute Gasteiger partial charge is 0.481 e. The van der Waals surface area contributed by atoms with E-state index in [1.165, 1.54) is 11.1 Å². The first kappa shape index (κ1) is 26.3. The molecule has 2 aromatic carbocycles. The van der Waals surface area contributed by atoms with Crippen molar-refractivity contribution in [1.29, 1.82) is 0 Å². The lowest BCUT2D eigenvalue weighted by atomic mass is 9.96. The Morgan fingerprint density at radius 2 is 1.54 bits per heavy atom. The quantitative estimate of drug-likeness (QED) is 0.376. The van der Waals surface area contributed by atoms with Crippen LogP contribution in [0.25, 0.3) is 11.1 Å². The van der Waals surface area contributed by atoms with E-state index in [0.717, 1.165) is 24.0 Å². The van der Waals surface area contributed by atoms with Crippen LogP contribution in [0, 0.1) is 11.8 Å². The minimum Gasteiger partial charge on any atom is -0.481 e. The molecule has 3 rings (SSSR count). The van der Waals surface area contributed by atoms with Crippen molar-refractivity contribution in [2.45, 2.75) is 51.9 Å². The molecule has 0 spiro atoms. The number of rotatable bonds is 13. The number of carboxylic acid groups (broad SMARTS) is 1. The van der Waals surface area contributed by atoms with Gasteiger partial charge in [0, 0.05) is 25.4 Å². The van der Waals surface area contributed by atoms with Crippen molar-refractivity contribution in [3.63, 3.8) is 0 Å². The smallest absolute Gasteiger partial charge is 0.407 e. The minimum absolute atomic E-state index is 0.00828. The van der Waals surface area contributed by atoms with Crippen LogP contribution < -0.4 is 10.6 Å². The van der Waals surface area contributed by atoms with Crippen LogP contribution in [0.2, 0.25) is 0 Å². The highest BCUT2D eigenvalue weighted by atomic mass is 16.5. The Labute approximate surface area is 207 Å². The van der Waals surface area contributed by atoms with Crippen molar-refractivity contribution in [2.24, 2.45) is 11.8 Å². The molecule has 1 aliphatic carbocycles. The fourth-order valence-corrected chi connectivity index (χ4v) is 4.70. The number of benzene rings is 2. The molecule has 7 nitrogen and oxygen atoms in total. The van der Waals surface area contributed by atoms with Gasteiger partial charge in [-0.1, -0.05) is 68.8 Å². The first-order chi connectivity index (χ1) is 16.9. The van der Waals surface area contributed by atoms with E-state index in [4.69, 9.17) is 9.84 Å². The molecule has 3 N–H and O–H groups in total. The molecule has 0 fully saturated rings. The highest BCUT2D eigenvalue weighted by molar-refractivity contribution is 5.80. The summed E-state index contributed by atoms with van der Waals surface area (Å²) in [6.45, 7) is 4.87. The van der Waals surface area contributed by atoms with Crippen LogP contribution in [0.4, 0.5) is 4.79 Å². The van der Waals surface area contributed by atoms with Gasteiger partial charge in [-0.2, -0.15) is 0 Å². The van der Waals surface area contributed by atoms with Gasteiger partial charge in [-0.3, -0.25) is 9.59 Å². The topological polar surface area (TPSA) is 105 Å². The van der Waals surface area contributed by atoms with Crippen LogP contribution in [-0.4, -0.2) is 42.8 Å². The van der Waals surface area contributed by atoms with Gasteiger partial charge in [0.05, 0.1) is 5.92 Å². The third-order valence-corrected chi connectivity index (χ3v) is 6.90. The number of carboxylic acids is 1. The van der Waals surface area contributed by atoms with E-state index in [1.807, 2.05) is 38.1 Å². The zero-order chi connectivity index (χ0) is 25.2. The first-order valence-electron chi connectivity index (χ1n) is 12.5. The van der Waals surface area contributed by atoms with Gasteiger partial charge >= 0.3 is 12.1 Å². The molecule has 35 heavy (non-hydrogen) atoms. The number of hydrogen-bond acceptors (Lipinski definition) is 4. The predicted octanol–water partition coefficient (Wildman–Crippen LogP) is 4.95. The standard InChI is InChI=1S/C28H36N2O5/c1-3-19(13-14-26(31)32)15-16-29-27(33)20(4-2)17-30-28(34)35-18-25-23-11-7-5-9-21(23)22-10-6-8-12-24(22)25/h5-12,19-20,25H,3-4,13-18H2,1-2H3,(H,29,33)(H,30,34)(H,31,32). The average Bonchev–Trinajstić information content (AvgIpc) is 3.18. The number of alkyl carbamates (subject to hydrolysis) is 1. The maximum Gasteiger partial charge on any atom is 0.407 e. The van der Waals surface area contributed by atoms with Gasteiger partial charge in [0.2, 0.25) is 5.91 Å². The van der Waals surface area contributed by atoms with Gasteiger partial charge in [-0.25, -0.2) is 4.79 Å². The summed E-state index contributed by atoms with van der Waals surface area (Å²) in [4.78, 5) is 35.8. The van der Waals surface area contributed by atoms with Crippen LogP contribution in [0.15, 0.2) is 48.5 Å². The van der Waals surface area contributed by atoms with Crippen LogP contribution in [0.3, 0.4) is 0 Å². The van der Waals surface area contributed by atoms with Crippen LogP contribution in [0.1, 0.15) is 63.0 Å². The molecule has 7 heteroatoms. The zero-order valence-electron chi connectivity index (χ0n) is 20.6. The van der Waals surface area contributed by atoms with Gasteiger partial charge in [0.25, 0.3) is 0 Å². The zero-order valence-corrected chi connectivity index (χ0v) is 20.6. The maximum atomic E-state index is 12.6. The van der Waals surface area contributed by atoms with Crippen LogP contribution in [-0.2, 0) is 14.3 Å². The number of carbonyl (C=O) groups excluding carboxylic acids is 2. The molecule has 2 amide bonds. The third-order valence-electron chi connectivity index (χ3n) is 6.90. The van der Waals surface area contributed by atoms with Gasteiger partial charge < -0.3 is 20.5 Å². The number of fused-ring (bicyclic) bond motifs is 3. The molecule has 0 heterocycles. The third kappa shape index (κ3) is 7.07. The monoisotopic (exact) mass is 480 g/mol. The molecular weight excluding hydrogens is 444 g/mol. The number of aliphatic carboxylic acids is 1. The van der Waals surface area contributed by atoms with E-state index < -0.39 is 12.1 Å².